The molecule has 0 aliphatic carbocycles. The lowest BCUT2D eigenvalue weighted by atomic mass is 9.96. The molecule has 0 heterocycles. The van der Waals surface area contributed by atoms with Gasteiger partial charge in [0.2, 0.25) is 11.8 Å². The van der Waals surface area contributed by atoms with Gasteiger partial charge in [0.25, 0.3) is 0 Å². The van der Waals surface area contributed by atoms with Crippen LogP contribution in [0.3, 0.4) is 0 Å². The van der Waals surface area contributed by atoms with Crippen molar-refractivity contribution in [2.45, 2.75) is 85.0 Å². The molecule has 1 rings (SSSR count). The highest BCUT2D eigenvalue weighted by atomic mass is 16.6. The molecule has 2 atom stereocenters. The van der Waals surface area contributed by atoms with Crippen molar-refractivity contribution in [3.05, 3.63) is 35.4 Å². The molecule has 7 nitrogen and oxygen atoms in total. The summed E-state index contributed by atoms with van der Waals surface area (Å²) < 4.78 is 5.27. The van der Waals surface area contributed by atoms with Crippen LogP contribution in [0.2, 0.25) is 0 Å². The number of unbranched alkanes of at least 4 members (excludes halogenated alkanes) is 1. The lowest BCUT2D eigenvalue weighted by Gasteiger charge is -2.37. The molecule has 0 saturated carbocycles. The van der Waals surface area contributed by atoms with E-state index in [2.05, 4.69) is 16.6 Å². The van der Waals surface area contributed by atoms with Gasteiger partial charge in [0, 0.05) is 18.2 Å². The molecular weight excluding hydrogens is 406 g/mol. The van der Waals surface area contributed by atoms with Crippen LogP contribution in [0.15, 0.2) is 24.3 Å². The normalized spacial score (nSPS) is 13.0. The van der Waals surface area contributed by atoms with Crippen LogP contribution in [-0.2, 0) is 14.3 Å². The van der Waals surface area contributed by atoms with Gasteiger partial charge in [0.15, 0.2) is 0 Å². The molecule has 1 aromatic rings. The van der Waals surface area contributed by atoms with Gasteiger partial charge in [-0.1, -0.05) is 37.5 Å². The summed E-state index contributed by atoms with van der Waals surface area (Å²) in [7, 11) is 0. The lowest BCUT2D eigenvalue weighted by molar-refractivity contribution is -0.144. The first kappa shape index (κ1) is 27.0. The van der Waals surface area contributed by atoms with E-state index in [1.165, 1.54) is 4.90 Å². The van der Waals surface area contributed by atoms with Crippen molar-refractivity contribution in [3.8, 4) is 12.3 Å². The minimum atomic E-state index is -0.936. The van der Waals surface area contributed by atoms with E-state index in [0.717, 1.165) is 12.8 Å². The van der Waals surface area contributed by atoms with Crippen molar-refractivity contribution in [2.75, 3.05) is 6.54 Å². The number of nitrogens with zero attached hydrogens (tertiary/aromatic N) is 1. The summed E-state index contributed by atoms with van der Waals surface area (Å²) in [5, 5.41) is 5.49. The second-order valence-electron chi connectivity index (χ2n) is 8.99. The van der Waals surface area contributed by atoms with E-state index >= 15 is 0 Å². The Kier molecular flexibility index (Phi) is 10.2. The van der Waals surface area contributed by atoms with Gasteiger partial charge in [0.05, 0.1) is 0 Å². The van der Waals surface area contributed by atoms with Crippen molar-refractivity contribution in [1.82, 2.24) is 15.5 Å². The number of alkyl carbamates (subject to hydrolysis) is 1. The number of carbonyl (C=O) groups excluding carboxylic acids is 3. The zero-order valence-corrected chi connectivity index (χ0v) is 20.3. The van der Waals surface area contributed by atoms with Crippen LogP contribution in [-0.4, -0.2) is 47.0 Å². The van der Waals surface area contributed by atoms with Crippen LogP contribution in [0, 0.1) is 12.3 Å². The Bertz CT molecular complexity index is 836. The van der Waals surface area contributed by atoms with Gasteiger partial charge in [0.1, 0.15) is 17.7 Å². The Morgan fingerprint density at radius 2 is 1.78 bits per heavy atom. The molecule has 0 aromatic heterocycles. The zero-order valence-electron chi connectivity index (χ0n) is 20.3. The minimum absolute atomic E-state index is 0.312. The van der Waals surface area contributed by atoms with Crippen LogP contribution in [0.1, 0.15) is 78.5 Å². The number of rotatable bonds is 9. The SMILES string of the molecule is C#Cc1ccccc1C(C(=O)NCCCC)N(C(=O)C(C)NC(=O)OC(C)(C)C)C(C)C. The van der Waals surface area contributed by atoms with E-state index in [1.54, 1.807) is 52.0 Å². The van der Waals surface area contributed by atoms with Gasteiger partial charge in [-0.2, -0.15) is 0 Å². The van der Waals surface area contributed by atoms with Gasteiger partial charge in [-0.05, 0) is 59.6 Å². The van der Waals surface area contributed by atoms with Crippen LogP contribution in [0.5, 0.6) is 0 Å². The summed E-state index contributed by atoms with van der Waals surface area (Å²) in [6.45, 7) is 13.0. The number of nitrogens with one attached hydrogen (secondary N) is 2. The highest BCUT2D eigenvalue weighted by Crippen LogP contribution is 2.27. The molecule has 0 bridgehead atoms. The molecule has 2 unspecified atom stereocenters. The highest BCUT2D eigenvalue weighted by Gasteiger charge is 2.37. The summed E-state index contributed by atoms with van der Waals surface area (Å²) >= 11 is 0. The van der Waals surface area contributed by atoms with Gasteiger partial charge in [-0.3, -0.25) is 9.59 Å². The summed E-state index contributed by atoms with van der Waals surface area (Å²) in [6, 6.07) is 4.90. The Balaban J connectivity index is 3.32. The number of ether oxygens (including phenoxy) is 1. The Morgan fingerprint density at radius 3 is 2.31 bits per heavy atom. The molecule has 32 heavy (non-hydrogen) atoms. The number of benzene rings is 1. The van der Waals surface area contributed by atoms with Crippen LogP contribution >= 0.6 is 0 Å². The van der Waals surface area contributed by atoms with E-state index in [1.807, 2.05) is 20.8 Å². The van der Waals surface area contributed by atoms with E-state index in [9.17, 15) is 14.4 Å². The topological polar surface area (TPSA) is 87.7 Å². The average Bonchev–Trinajstić information content (AvgIpc) is 2.69. The van der Waals surface area contributed by atoms with Crippen LogP contribution in [0.25, 0.3) is 0 Å². The Labute approximate surface area is 192 Å². The number of hydrogen-bond acceptors (Lipinski definition) is 4. The number of hydrogen-bond donors (Lipinski definition) is 2. The standard InChI is InChI=1S/C25H37N3O4/c1-9-11-16-26-22(29)21(20-15-13-12-14-19(20)10-2)28(17(3)4)23(30)18(5)27-24(31)32-25(6,7)8/h2,12-15,17-18,21H,9,11,16H2,1,3-8H3,(H,26,29)(H,27,31). The Morgan fingerprint density at radius 1 is 1.16 bits per heavy atom. The predicted molar refractivity (Wildman–Crippen MR) is 126 cm³/mol. The summed E-state index contributed by atoms with van der Waals surface area (Å²) in [6.07, 6.45) is 6.74. The first-order chi connectivity index (χ1) is 14.9. The molecule has 2 N–H and O–H groups in total. The fourth-order valence-corrected chi connectivity index (χ4v) is 3.22. The van der Waals surface area contributed by atoms with Crippen molar-refractivity contribution >= 4 is 17.9 Å². The second kappa shape index (κ2) is 12.1. The maximum atomic E-state index is 13.5. The summed E-state index contributed by atoms with van der Waals surface area (Å²) in [4.78, 5) is 40.4. The molecule has 1 aromatic carbocycles. The quantitative estimate of drug-likeness (QED) is 0.449. The number of carbonyl (C=O) groups is 3. The Hall–Kier alpha value is -3.01. The number of amides is 3. The van der Waals surface area contributed by atoms with Gasteiger partial charge >= 0.3 is 6.09 Å². The van der Waals surface area contributed by atoms with Gasteiger partial charge in [-0.25, -0.2) is 4.79 Å². The zero-order chi connectivity index (χ0) is 24.5. The van der Waals surface area contributed by atoms with Crippen molar-refractivity contribution < 1.29 is 19.1 Å². The molecule has 0 saturated heterocycles. The average molecular weight is 444 g/mol. The fraction of sp³-hybridized carbons (Fsp3) is 0.560. The largest absolute Gasteiger partial charge is 0.444 e. The highest BCUT2D eigenvalue weighted by molar-refractivity contribution is 5.92. The van der Waals surface area contributed by atoms with Crippen molar-refractivity contribution in [1.29, 1.82) is 0 Å². The first-order valence-electron chi connectivity index (χ1n) is 11.1. The first-order valence-corrected chi connectivity index (χ1v) is 11.1. The van der Waals surface area contributed by atoms with Gasteiger partial charge < -0.3 is 20.3 Å². The third-order valence-corrected chi connectivity index (χ3v) is 4.68. The summed E-state index contributed by atoms with van der Waals surface area (Å²) in [5.41, 5.74) is 0.405. The third kappa shape index (κ3) is 7.92. The van der Waals surface area contributed by atoms with E-state index < -0.39 is 29.7 Å². The molecule has 176 valence electrons. The molecule has 0 aliphatic heterocycles. The fourth-order valence-electron chi connectivity index (χ4n) is 3.22. The molecule has 0 fully saturated rings. The van der Waals surface area contributed by atoms with Gasteiger partial charge in [-0.15, -0.1) is 6.42 Å². The maximum absolute atomic E-state index is 13.5. The van der Waals surface area contributed by atoms with E-state index in [0.29, 0.717) is 17.7 Å². The number of terminal acetylenes is 1. The second-order valence-corrected chi connectivity index (χ2v) is 8.99. The molecule has 0 aliphatic rings. The molecule has 0 radical (unpaired) electrons. The molecule has 7 heteroatoms. The van der Waals surface area contributed by atoms with Crippen LogP contribution in [0.4, 0.5) is 4.79 Å². The monoisotopic (exact) mass is 443 g/mol. The predicted octanol–water partition coefficient (Wildman–Crippen LogP) is 3.78. The minimum Gasteiger partial charge on any atom is -0.444 e. The van der Waals surface area contributed by atoms with E-state index in [4.69, 9.17) is 11.2 Å². The lowest BCUT2D eigenvalue weighted by Crippen LogP contribution is -2.54. The van der Waals surface area contributed by atoms with E-state index in [-0.39, 0.29) is 11.9 Å². The smallest absolute Gasteiger partial charge is 0.408 e. The molecular formula is C25H37N3O4. The summed E-state index contributed by atoms with van der Waals surface area (Å²) in [5.74, 6) is 1.89. The van der Waals surface area contributed by atoms with Crippen LogP contribution < -0.4 is 10.6 Å². The van der Waals surface area contributed by atoms with Crippen molar-refractivity contribution in [3.63, 3.8) is 0 Å². The third-order valence-electron chi connectivity index (χ3n) is 4.68. The molecule has 0 spiro atoms. The van der Waals surface area contributed by atoms with Crippen molar-refractivity contribution in [2.24, 2.45) is 0 Å². The maximum Gasteiger partial charge on any atom is 0.408 e. The molecule has 3 amide bonds.